The second kappa shape index (κ2) is 6.25. The Balaban J connectivity index is 2.92. The van der Waals surface area contributed by atoms with Crippen LogP contribution in [0.4, 0.5) is 8.78 Å². The van der Waals surface area contributed by atoms with Crippen LogP contribution in [0, 0.1) is 11.6 Å². The van der Waals surface area contributed by atoms with Gasteiger partial charge in [0.2, 0.25) is 0 Å². The van der Waals surface area contributed by atoms with E-state index in [2.05, 4.69) is 0 Å². The number of halogens is 2. The molecule has 0 fully saturated rings. The van der Waals surface area contributed by atoms with Crippen molar-refractivity contribution >= 4 is 0 Å². The highest BCUT2D eigenvalue weighted by molar-refractivity contribution is 5.20. The fourth-order valence-electron chi connectivity index (χ4n) is 2.24. The molecule has 0 bridgehead atoms. The summed E-state index contributed by atoms with van der Waals surface area (Å²) in [6, 6.07) is 3.25. The highest BCUT2D eigenvalue weighted by atomic mass is 19.1. The molecule has 0 aromatic heterocycles. The Hall–Kier alpha value is -1.00. The third-order valence-electron chi connectivity index (χ3n) is 3.63. The van der Waals surface area contributed by atoms with Crippen LogP contribution in [0.3, 0.4) is 0 Å². The van der Waals surface area contributed by atoms with E-state index < -0.39 is 23.3 Å². The summed E-state index contributed by atoms with van der Waals surface area (Å²) < 4.78 is 31.9. The Morgan fingerprint density at radius 3 is 2.39 bits per heavy atom. The van der Waals surface area contributed by atoms with Gasteiger partial charge in [-0.25, -0.2) is 8.78 Å². The Bertz CT molecular complexity index is 381. The molecule has 0 radical (unpaired) electrons. The van der Waals surface area contributed by atoms with Crippen molar-refractivity contribution in [1.29, 1.82) is 0 Å². The maximum absolute atomic E-state index is 13.5. The molecule has 1 aromatic rings. The summed E-state index contributed by atoms with van der Waals surface area (Å²) in [4.78, 5) is 0. The minimum absolute atomic E-state index is 0.0408. The predicted octanol–water partition coefficient (Wildman–Crippen LogP) is 3.07. The molecule has 0 aliphatic carbocycles. The Kier molecular flexibility index (Phi) is 5.23. The number of hydrogen-bond donors (Lipinski definition) is 1. The van der Waals surface area contributed by atoms with Gasteiger partial charge in [0.05, 0.1) is 11.7 Å². The van der Waals surface area contributed by atoms with Crippen LogP contribution in [-0.2, 0) is 11.2 Å². The number of aliphatic hydroxyl groups excluding tert-OH is 1. The summed E-state index contributed by atoms with van der Waals surface area (Å²) in [6.07, 6.45) is 0.392. The lowest BCUT2D eigenvalue weighted by molar-refractivity contribution is -0.107. The first-order valence-corrected chi connectivity index (χ1v) is 6.16. The molecule has 0 amide bonds. The molecule has 0 saturated heterocycles. The molecule has 0 heterocycles. The summed E-state index contributed by atoms with van der Waals surface area (Å²) in [6.45, 7) is 3.80. The molecule has 4 heteroatoms. The third-order valence-corrected chi connectivity index (χ3v) is 3.63. The van der Waals surface area contributed by atoms with Gasteiger partial charge in [0.25, 0.3) is 0 Å². The first kappa shape index (κ1) is 15.1. The van der Waals surface area contributed by atoms with Gasteiger partial charge in [0.15, 0.2) is 0 Å². The normalized spacial score (nSPS) is 13.7. The first-order valence-electron chi connectivity index (χ1n) is 6.16. The van der Waals surface area contributed by atoms with Crippen molar-refractivity contribution in [1.82, 2.24) is 0 Å². The maximum Gasteiger partial charge on any atom is 0.126 e. The summed E-state index contributed by atoms with van der Waals surface area (Å²) in [5.41, 5.74) is -0.538. The van der Waals surface area contributed by atoms with Gasteiger partial charge in [-0.1, -0.05) is 13.8 Å². The van der Waals surface area contributed by atoms with Crippen molar-refractivity contribution in [3.63, 3.8) is 0 Å². The molecule has 1 atom stereocenters. The highest BCUT2D eigenvalue weighted by Gasteiger charge is 2.34. The van der Waals surface area contributed by atoms with Gasteiger partial charge < -0.3 is 9.84 Å². The molecule has 0 aliphatic rings. The molecule has 0 aliphatic heterocycles. The predicted molar refractivity (Wildman–Crippen MR) is 66.4 cm³/mol. The van der Waals surface area contributed by atoms with E-state index in [9.17, 15) is 13.9 Å². The van der Waals surface area contributed by atoms with E-state index >= 15 is 0 Å². The fraction of sp³-hybridized carbons (Fsp3) is 0.571. The average molecular weight is 258 g/mol. The van der Waals surface area contributed by atoms with Gasteiger partial charge in [-0.3, -0.25) is 0 Å². The van der Waals surface area contributed by atoms with Crippen LogP contribution in [0.5, 0.6) is 0 Å². The van der Waals surface area contributed by atoms with E-state index in [0.717, 1.165) is 18.2 Å². The van der Waals surface area contributed by atoms with Crippen molar-refractivity contribution in [2.75, 3.05) is 7.11 Å². The van der Waals surface area contributed by atoms with Gasteiger partial charge in [-0.05, 0) is 36.6 Å². The zero-order chi connectivity index (χ0) is 13.8. The second-order valence-corrected chi connectivity index (χ2v) is 4.43. The van der Waals surface area contributed by atoms with Gasteiger partial charge in [-0.15, -0.1) is 0 Å². The quantitative estimate of drug-likeness (QED) is 0.849. The van der Waals surface area contributed by atoms with E-state index in [1.54, 1.807) is 0 Å². The lowest BCUT2D eigenvalue weighted by Gasteiger charge is -2.35. The van der Waals surface area contributed by atoms with Crippen LogP contribution in [0.1, 0.15) is 32.3 Å². The monoisotopic (exact) mass is 258 g/mol. The fourth-order valence-corrected chi connectivity index (χ4v) is 2.24. The summed E-state index contributed by atoms with van der Waals surface area (Å²) in [5.74, 6) is -1.01. The summed E-state index contributed by atoms with van der Waals surface area (Å²) in [5, 5.41) is 10.2. The molecule has 102 valence electrons. The zero-order valence-corrected chi connectivity index (χ0v) is 11.0. The largest absolute Gasteiger partial charge is 0.390 e. The van der Waals surface area contributed by atoms with E-state index in [0.29, 0.717) is 12.8 Å². The lowest BCUT2D eigenvalue weighted by Crippen LogP contribution is -2.44. The molecule has 1 unspecified atom stereocenters. The van der Waals surface area contributed by atoms with Gasteiger partial charge >= 0.3 is 0 Å². The number of aliphatic hydroxyl groups is 1. The van der Waals surface area contributed by atoms with Gasteiger partial charge in [0.1, 0.15) is 11.6 Å². The number of methoxy groups -OCH3 is 1. The van der Waals surface area contributed by atoms with Crippen LogP contribution < -0.4 is 0 Å². The van der Waals surface area contributed by atoms with Crippen LogP contribution in [0.25, 0.3) is 0 Å². The maximum atomic E-state index is 13.5. The summed E-state index contributed by atoms with van der Waals surface area (Å²) >= 11 is 0. The molecule has 1 aromatic carbocycles. The standard InChI is InChI=1S/C14H20F2O2/c1-4-14(5-2,18-3)13(17)9-10-8-11(15)6-7-12(10)16/h6-8,13,17H,4-5,9H2,1-3H3. The number of benzene rings is 1. The Morgan fingerprint density at radius 1 is 1.28 bits per heavy atom. The highest BCUT2D eigenvalue weighted by Crippen LogP contribution is 2.27. The SMILES string of the molecule is CCC(CC)(OC)C(O)Cc1cc(F)ccc1F. The molecule has 1 N–H and O–H groups in total. The molecule has 1 rings (SSSR count). The van der Waals surface area contributed by atoms with Crippen molar-refractivity contribution in [2.24, 2.45) is 0 Å². The minimum atomic E-state index is -0.867. The minimum Gasteiger partial charge on any atom is -0.390 e. The van der Waals surface area contributed by atoms with Crippen molar-refractivity contribution in [2.45, 2.75) is 44.8 Å². The van der Waals surface area contributed by atoms with Crippen LogP contribution in [0.15, 0.2) is 18.2 Å². The molecule has 0 saturated carbocycles. The topological polar surface area (TPSA) is 29.5 Å². The second-order valence-electron chi connectivity index (χ2n) is 4.43. The molecule has 18 heavy (non-hydrogen) atoms. The van der Waals surface area contributed by atoms with Crippen molar-refractivity contribution < 1.29 is 18.6 Å². The van der Waals surface area contributed by atoms with E-state index in [-0.39, 0.29) is 12.0 Å². The zero-order valence-electron chi connectivity index (χ0n) is 11.0. The van der Waals surface area contributed by atoms with E-state index in [4.69, 9.17) is 4.74 Å². The summed E-state index contributed by atoms with van der Waals surface area (Å²) in [7, 11) is 1.53. The number of rotatable bonds is 6. The van der Waals surface area contributed by atoms with Crippen LogP contribution in [0.2, 0.25) is 0 Å². The van der Waals surface area contributed by atoms with Crippen LogP contribution in [-0.4, -0.2) is 23.9 Å². The smallest absolute Gasteiger partial charge is 0.126 e. The van der Waals surface area contributed by atoms with Crippen molar-refractivity contribution in [3.05, 3.63) is 35.4 Å². The van der Waals surface area contributed by atoms with E-state index in [1.165, 1.54) is 7.11 Å². The van der Waals surface area contributed by atoms with Crippen LogP contribution >= 0.6 is 0 Å². The lowest BCUT2D eigenvalue weighted by atomic mass is 9.86. The Labute approximate surface area is 107 Å². The molecular formula is C14H20F2O2. The molecule has 0 spiro atoms. The first-order chi connectivity index (χ1) is 8.49. The van der Waals surface area contributed by atoms with Crippen molar-refractivity contribution in [3.8, 4) is 0 Å². The molecular weight excluding hydrogens is 238 g/mol. The van der Waals surface area contributed by atoms with Gasteiger partial charge in [0, 0.05) is 13.5 Å². The third kappa shape index (κ3) is 3.06. The van der Waals surface area contributed by atoms with E-state index in [1.807, 2.05) is 13.8 Å². The number of ether oxygens (including phenoxy) is 1. The molecule has 2 nitrogen and oxygen atoms in total. The number of hydrogen-bond acceptors (Lipinski definition) is 2. The Morgan fingerprint density at radius 2 is 1.89 bits per heavy atom. The van der Waals surface area contributed by atoms with Gasteiger partial charge in [-0.2, -0.15) is 0 Å². The average Bonchev–Trinajstić information content (AvgIpc) is 2.37.